The van der Waals surface area contributed by atoms with Gasteiger partial charge in [0.05, 0.1) is 12.2 Å². The van der Waals surface area contributed by atoms with Crippen LogP contribution >= 0.6 is 0 Å². The van der Waals surface area contributed by atoms with Crippen molar-refractivity contribution in [1.82, 2.24) is 5.32 Å². The molecular weight excluding hydrogens is 182 g/mol. The largest absolute Gasteiger partial charge is 0.390 e. The quantitative estimate of drug-likeness (QED) is 0.618. The van der Waals surface area contributed by atoms with Gasteiger partial charge in [0.1, 0.15) is 0 Å². The zero-order valence-electron chi connectivity index (χ0n) is 8.40. The Kier molecular flexibility index (Phi) is 2.74. The third-order valence-electron chi connectivity index (χ3n) is 3.42. The van der Waals surface area contributed by atoms with Gasteiger partial charge in [0, 0.05) is 25.5 Å². The Hall–Kier alpha value is -0.610. The molecule has 1 aliphatic carbocycles. The van der Waals surface area contributed by atoms with Crippen molar-refractivity contribution in [3.05, 3.63) is 0 Å². The Morgan fingerprint density at radius 2 is 2.21 bits per heavy atom. The minimum atomic E-state index is -0.417. The number of hydrogen-bond donors (Lipinski definition) is 2. The molecule has 0 aromatic heterocycles. The number of carbonyl (C=O) groups excluding carboxylic acids is 1. The van der Waals surface area contributed by atoms with E-state index < -0.39 is 6.10 Å². The molecule has 1 heterocycles. The number of amides is 1. The Bertz CT molecular complexity index is 223. The van der Waals surface area contributed by atoms with Crippen molar-refractivity contribution in [2.75, 3.05) is 7.11 Å². The van der Waals surface area contributed by atoms with Crippen molar-refractivity contribution in [3.63, 3.8) is 0 Å². The highest BCUT2D eigenvalue weighted by atomic mass is 16.5. The molecule has 4 atom stereocenters. The van der Waals surface area contributed by atoms with Gasteiger partial charge in [-0.3, -0.25) is 4.79 Å². The van der Waals surface area contributed by atoms with Crippen LogP contribution in [0.5, 0.6) is 0 Å². The van der Waals surface area contributed by atoms with Gasteiger partial charge in [-0.15, -0.1) is 0 Å². The van der Waals surface area contributed by atoms with E-state index in [1.807, 2.05) is 0 Å². The summed E-state index contributed by atoms with van der Waals surface area (Å²) >= 11 is 0. The lowest BCUT2D eigenvalue weighted by molar-refractivity contribution is -0.134. The number of aliphatic hydroxyl groups excluding tert-OH is 1. The predicted octanol–water partition coefficient (Wildman–Crippen LogP) is 0.0509. The first-order chi connectivity index (χ1) is 6.72. The maximum atomic E-state index is 10.8. The Labute approximate surface area is 83.6 Å². The van der Waals surface area contributed by atoms with Gasteiger partial charge in [0.15, 0.2) is 0 Å². The van der Waals surface area contributed by atoms with E-state index in [1.165, 1.54) is 0 Å². The molecule has 2 rings (SSSR count). The van der Waals surface area contributed by atoms with Crippen LogP contribution in [0.25, 0.3) is 0 Å². The van der Waals surface area contributed by atoms with Crippen LogP contribution in [0.3, 0.4) is 0 Å². The fraction of sp³-hybridized carbons (Fsp3) is 0.900. The van der Waals surface area contributed by atoms with Gasteiger partial charge in [-0.05, 0) is 12.8 Å². The van der Waals surface area contributed by atoms with Crippen molar-refractivity contribution < 1.29 is 14.6 Å². The van der Waals surface area contributed by atoms with Crippen molar-refractivity contribution in [1.29, 1.82) is 0 Å². The van der Waals surface area contributed by atoms with E-state index in [-0.39, 0.29) is 24.0 Å². The molecule has 1 amide bonds. The van der Waals surface area contributed by atoms with E-state index in [0.29, 0.717) is 6.42 Å². The SMILES string of the molecule is CO[C@@H]1CCC[C@@H](C2CC(=O)N2)C1O. The van der Waals surface area contributed by atoms with Crippen molar-refractivity contribution in [3.8, 4) is 0 Å². The van der Waals surface area contributed by atoms with Crippen LogP contribution in [0.2, 0.25) is 0 Å². The van der Waals surface area contributed by atoms with Crippen molar-refractivity contribution >= 4 is 5.91 Å². The Balaban J connectivity index is 1.94. The Morgan fingerprint density at radius 3 is 2.79 bits per heavy atom. The van der Waals surface area contributed by atoms with E-state index in [9.17, 15) is 9.90 Å². The molecule has 2 aliphatic rings. The number of β-lactam (4-membered cyclic amide) rings is 1. The highest BCUT2D eigenvalue weighted by Crippen LogP contribution is 2.32. The van der Waals surface area contributed by atoms with E-state index >= 15 is 0 Å². The summed E-state index contributed by atoms with van der Waals surface area (Å²) in [4.78, 5) is 10.8. The fourth-order valence-electron chi connectivity index (χ4n) is 2.51. The molecule has 1 saturated heterocycles. The summed E-state index contributed by atoms with van der Waals surface area (Å²) in [5.41, 5.74) is 0. The summed E-state index contributed by atoms with van der Waals surface area (Å²) in [6.45, 7) is 0. The van der Waals surface area contributed by atoms with Crippen molar-refractivity contribution in [2.24, 2.45) is 5.92 Å². The normalized spacial score (nSPS) is 42.9. The van der Waals surface area contributed by atoms with Gasteiger partial charge < -0.3 is 15.2 Å². The summed E-state index contributed by atoms with van der Waals surface area (Å²) in [5, 5.41) is 12.8. The number of nitrogens with one attached hydrogen (secondary N) is 1. The predicted molar refractivity (Wildman–Crippen MR) is 50.7 cm³/mol. The molecule has 14 heavy (non-hydrogen) atoms. The summed E-state index contributed by atoms with van der Waals surface area (Å²) in [6.07, 6.45) is 3.09. The number of ether oxygens (including phenoxy) is 1. The highest BCUT2D eigenvalue weighted by molar-refractivity contribution is 5.82. The van der Waals surface area contributed by atoms with Gasteiger partial charge in [-0.25, -0.2) is 0 Å². The van der Waals surface area contributed by atoms with Crippen LogP contribution in [0.4, 0.5) is 0 Å². The zero-order valence-corrected chi connectivity index (χ0v) is 8.40. The molecule has 4 heteroatoms. The smallest absolute Gasteiger partial charge is 0.222 e. The average Bonchev–Trinajstić information content (AvgIpc) is 2.14. The molecule has 0 bridgehead atoms. The van der Waals surface area contributed by atoms with Crippen LogP contribution in [-0.2, 0) is 9.53 Å². The van der Waals surface area contributed by atoms with Crippen LogP contribution < -0.4 is 5.32 Å². The van der Waals surface area contributed by atoms with Crippen LogP contribution in [0.1, 0.15) is 25.7 Å². The molecule has 1 saturated carbocycles. The van der Waals surface area contributed by atoms with Crippen molar-refractivity contribution in [2.45, 2.75) is 43.9 Å². The topological polar surface area (TPSA) is 58.6 Å². The number of methoxy groups -OCH3 is 1. The molecule has 4 nitrogen and oxygen atoms in total. The lowest BCUT2D eigenvalue weighted by Crippen LogP contribution is -2.58. The molecule has 2 fully saturated rings. The molecule has 80 valence electrons. The molecule has 0 spiro atoms. The number of aliphatic hydroxyl groups is 1. The number of rotatable bonds is 2. The van der Waals surface area contributed by atoms with Crippen LogP contribution in [0, 0.1) is 5.92 Å². The van der Waals surface area contributed by atoms with E-state index in [0.717, 1.165) is 19.3 Å². The van der Waals surface area contributed by atoms with Gasteiger partial charge in [-0.2, -0.15) is 0 Å². The van der Waals surface area contributed by atoms with Gasteiger partial charge in [0.25, 0.3) is 0 Å². The summed E-state index contributed by atoms with van der Waals surface area (Å²) in [5.74, 6) is 0.285. The first-order valence-corrected chi connectivity index (χ1v) is 5.22. The molecular formula is C10H17NO3. The molecule has 1 aliphatic heterocycles. The third-order valence-corrected chi connectivity index (χ3v) is 3.42. The second-order valence-electron chi connectivity index (χ2n) is 4.24. The Morgan fingerprint density at radius 1 is 1.50 bits per heavy atom. The van der Waals surface area contributed by atoms with Crippen LogP contribution in [-0.4, -0.2) is 36.4 Å². The molecule has 2 unspecified atom stereocenters. The first kappa shape index (κ1) is 9.93. The lowest BCUT2D eigenvalue weighted by atomic mass is 9.76. The average molecular weight is 199 g/mol. The van der Waals surface area contributed by atoms with Gasteiger partial charge in [-0.1, -0.05) is 6.42 Å². The minimum absolute atomic E-state index is 0.0498. The number of hydrogen-bond acceptors (Lipinski definition) is 3. The second-order valence-corrected chi connectivity index (χ2v) is 4.24. The minimum Gasteiger partial charge on any atom is -0.390 e. The highest BCUT2D eigenvalue weighted by Gasteiger charge is 2.41. The summed E-state index contributed by atoms with van der Waals surface area (Å²) in [7, 11) is 1.63. The standard InChI is InChI=1S/C10H17NO3/c1-14-8-4-2-3-6(10(8)13)7-5-9(12)11-7/h6-8,10,13H,2-5H2,1H3,(H,11,12)/t6-,7?,8+,10?/m0/s1. The third kappa shape index (κ3) is 1.64. The summed E-state index contributed by atoms with van der Waals surface area (Å²) in [6, 6.07) is 0.176. The molecule has 0 aromatic rings. The fourth-order valence-corrected chi connectivity index (χ4v) is 2.51. The second kappa shape index (κ2) is 3.87. The van der Waals surface area contributed by atoms with E-state index in [4.69, 9.17) is 4.74 Å². The molecule has 0 aromatic carbocycles. The van der Waals surface area contributed by atoms with Gasteiger partial charge >= 0.3 is 0 Å². The molecule has 2 N–H and O–H groups in total. The number of carbonyl (C=O) groups is 1. The molecule has 0 radical (unpaired) electrons. The van der Waals surface area contributed by atoms with Crippen LogP contribution in [0.15, 0.2) is 0 Å². The zero-order chi connectivity index (χ0) is 10.1. The van der Waals surface area contributed by atoms with E-state index in [2.05, 4.69) is 5.32 Å². The van der Waals surface area contributed by atoms with E-state index in [1.54, 1.807) is 7.11 Å². The maximum absolute atomic E-state index is 10.8. The maximum Gasteiger partial charge on any atom is 0.222 e. The lowest BCUT2D eigenvalue weighted by Gasteiger charge is -2.42. The van der Waals surface area contributed by atoms with Gasteiger partial charge in [0.2, 0.25) is 5.91 Å². The summed E-state index contributed by atoms with van der Waals surface area (Å²) < 4.78 is 5.22. The monoisotopic (exact) mass is 199 g/mol. The first-order valence-electron chi connectivity index (χ1n) is 5.22.